The van der Waals surface area contributed by atoms with E-state index in [1.807, 2.05) is 0 Å². The third-order valence-electron chi connectivity index (χ3n) is 4.44. The van der Waals surface area contributed by atoms with E-state index < -0.39 is 17.5 Å². The van der Waals surface area contributed by atoms with E-state index in [0.29, 0.717) is 17.8 Å². The molecule has 5 N–H and O–H groups in total. The molecule has 1 aromatic heterocycles. The number of benzene rings is 2. The SMILES string of the molecule is Nc1c(Cl)cc(C(=O)c2c3ccc(C(F)(F)F)cc3[n+]([O-])n2CCC[NH3+])cc1Cl.[Cl-]. The van der Waals surface area contributed by atoms with Gasteiger partial charge in [0.15, 0.2) is 5.69 Å². The summed E-state index contributed by atoms with van der Waals surface area (Å²) in [5.74, 6) is -0.614. The topological polar surface area (TPSA) is 103 Å². The summed E-state index contributed by atoms with van der Waals surface area (Å²) < 4.78 is 40.3. The maximum absolute atomic E-state index is 13.2. The molecule has 6 nitrogen and oxygen atoms in total. The average molecular weight is 484 g/mol. The molecule has 30 heavy (non-hydrogen) atoms. The van der Waals surface area contributed by atoms with Gasteiger partial charge in [-0.2, -0.15) is 13.2 Å². The number of hydrogen-bond acceptors (Lipinski definition) is 3. The van der Waals surface area contributed by atoms with Crippen molar-refractivity contribution in [3.8, 4) is 0 Å². The molecule has 0 aliphatic rings. The zero-order chi connectivity index (χ0) is 21.5. The summed E-state index contributed by atoms with van der Waals surface area (Å²) in [5, 5.41) is 12.9. The summed E-state index contributed by atoms with van der Waals surface area (Å²) in [6.07, 6.45) is -4.18. The van der Waals surface area contributed by atoms with E-state index in [1.165, 1.54) is 12.1 Å². The zero-order valence-corrected chi connectivity index (χ0v) is 17.5. The van der Waals surface area contributed by atoms with Gasteiger partial charge in [-0.25, -0.2) is 0 Å². The van der Waals surface area contributed by atoms with Gasteiger partial charge in [0, 0.05) is 18.1 Å². The van der Waals surface area contributed by atoms with Gasteiger partial charge in [-0.05, 0) is 24.3 Å². The highest BCUT2D eigenvalue weighted by atomic mass is 35.5. The Morgan fingerprint density at radius 1 is 1.20 bits per heavy atom. The number of alkyl halides is 3. The van der Waals surface area contributed by atoms with Crippen molar-refractivity contribution in [1.82, 2.24) is 4.68 Å². The van der Waals surface area contributed by atoms with E-state index in [9.17, 15) is 23.2 Å². The van der Waals surface area contributed by atoms with Gasteiger partial charge in [0.1, 0.15) is 0 Å². The van der Waals surface area contributed by atoms with Gasteiger partial charge in [-0.15, -0.1) is 4.68 Å². The summed E-state index contributed by atoms with van der Waals surface area (Å²) in [4.78, 5) is 13.5. The number of carbonyl (C=O) groups is 1. The molecule has 3 aromatic rings. The first kappa shape index (κ1) is 24.1. The summed E-state index contributed by atoms with van der Waals surface area (Å²) in [7, 11) is 0. The Bertz CT molecular complexity index is 1090. The van der Waals surface area contributed by atoms with Gasteiger partial charge in [0.05, 0.1) is 39.8 Å². The monoisotopic (exact) mass is 482 g/mol. The van der Waals surface area contributed by atoms with Crippen molar-refractivity contribution < 1.29 is 41.0 Å². The van der Waals surface area contributed by atoms with E-state index in [1.54, 1.807) is 0 Å². The largest absolute Gasteiger partial charge is 1.00 e. The highest BCUT2D eigenvalue weighted by molar-refractivity contribution is 6.39. The second-order valence-corrected chi connectivity index (χ2v) is 7.18. The van der Waals surface area contributed by atoms with Crippen LogP contribution in [0.1, 0.15) is 28.0 Å². The molecule has 162 valence electrons. The number of hydrogen-bond donors (Lipinski definition) is 2. The normalized spacial score (nSPS) is 11.5. The lowest BCUT2D eigenvalue weighted by atomic mass is 10.0. The Kier molecular flexibility index (Phi) is 7.13. The van der Waals surface area contributed by atoms with Crippen molar-refractivity contribution >= 4 is 45.6 Å². The molecule has 0 saturated carbocycles. The highest BCUT2D eigenvalue weighted by Crippen LogP contribution is 2.33. The first-order valence-electron chi connectivity index (χ1n) is 8.48. The van der Waals surface area contributed by atoms with Crippen LogP contribution in [0.4, 0.5) is 18.9 Å². The second kappa shape index (κ2) is 8.89. The molecule has 0 aliphatic heterocycles. The summed E-state index contributed by atoms with van der Waals surface area (Å²) in [6, 6.07) is 5.27. The fourth-order valence-corrected chi connectivity index (χ4v) is 3.47. The molecule has 0 spiro atoms. The number of anilines is 1. The predicted octanol–water partition coefficient (Wildman–Crippen LogP) is 0.0495. The molecule has 0 amide bonds. The van der Waals surface area contributed by atoms with Crippen molar-refractivity contribution in [2.45, 2.75) is 19.1 Å². The fourth-order valence-electron chi connectivity index (χ4n) is 2.98. The lowest BCUT2D eigenvalue weighted by Crippen LogP contribution is -3.00. The minimum Gasteiger partial charge on any atom is -1.00 e. The number of carbonyl (C=O) groups excluding carboxylic acids is 1. The zero-order valence-electron chi connectivity index (χ0n) is 15.3. The number of ketones is 1. The van der Waals surface area contributed by atoms with Crippen molar-refractivity contribution in [3.05, 3.63) is 62.4 Å². The molecular weight excluding hydrogens is 468 g/mol. The van der Waals surface area contributed by atoms with Gasteiger partial charge in [-0.3, -0.25) is 4.79 Å². The molecule has 0 saturated heterocycles. The molecule has 0 bridgehead atoms. The maximum atomic E-state index is 13.2. The van der Waals surface area contributed by atoms with Crippen LogP contribution in [-0.2, 0) is 12.7 Å². The van der Waals surface area contributed by atoms with Gasteiger partial charge in [0.2, 0.25) is 5.78 Å². The molecule has 12 heteroatoms. The van der Waals surface area contributed by atoms with Crippen LogP contribution in [0.5, 0.6) is 0 Å². The number of quaternary nitrogens is 1. The van der Waals surface area contributed by atoms with Crippen LogP contribution in [-0.4, -0.2) is 17.0 Å². The number of halogens is 6. The Labute approximate surface area is 185 Å². The quantitative estimate of drug-likeness (QED) is 0.232. The molecule has 1 heterocycles. The molecule has 3 rings (SSSR count). The van der Waals surface area contributed by atoms with Gasteiger partial charge in [-0.1, -0.05) is 28.0 Å². The number of fused-ring (bicyclic) bond motifs is 1. The molecule has 0 radical (unpaired) electrons. The summed E-state index contributed by atoms with van der Waals surface area (Å²) in [5.41, 5.74) is 8.22. The summed E-state index contributed by atoms with van der Waals surface area (Å²) >= 11 is 12.0. The molecular formula is C18H16Cl3F3N4O2. The van der Waals surface area contributed by atoms with E-state index in [-0.39, 0.29) is 56.8 Å². The standard InChI is InChI=1S/C18H15Cl2F3N4O2.ClH/c19-12-6-9(7-13(20)15(12)25)17(28)16-11-3-2-10(18(21,22)23)8-14(11)27(29)26(16)5-1-4-24;/h2-3,6-8H,1,4-5,24-25H2;1H. The molecule has 0 unspecified atom stereocenters. The Morgan fingerprint density at radius 2 is 1.80 bits per heavy atom. The predicted molar refractivity (Wildman–Crippen MR) is 103 cm³/mol. The van der Waals surface area contributed by atoms with Crippen LogP contribution in [0.2, 0.25) is 10.0 Å². The molecule has 0 fully saturated rings. The van der Waals surface area contributed by atoms with E-state index in [0.717, 1.165) is 22.9 Å². The molecule has 2 aromatic carbocycles. The van der Waals surface area contributed by atoms with Crippen LogP contribution < -0.4 is 28.7 Å². The smallest absolute Gasteiger partial charge is 0.416 e. The van der Waals surface area contributed by atoms with Crippen molar-refractivity contribution in [3.63, 3.8) is 0 Å². The Hall–Kier alpha value is -2.20. The minimum atomic E-state index is -4.63. The third-order valence-corrected chi connectivity index (χ3v) is 5.07. The maximum Gasteiger partial charge on any atom is 0.416 e. The Morgan fingerprint density at radius 3 is 2.33 bits per heavy atom. The lowest BCUT2D eigenvalue weighted by molar-refractivity contribution is -0.670. The van der Waals surface area contributed by atoms with Crippen molar-refractivity contribution in [1.29, 1.82) is 0 Å². The van der Waals surface area contributed by atoms with Gasteiger partial charge >= 0.3 is 6.18 Å². The number of nitrogen functional groups attached to an aromatic ring is 1. The number of nitrogens with zero attached hydrogens (tertiary/aromatic N) is 2. The molecule has 0 aliphatic carbocycles. The minimum absolute atomic E-state index is 0. The lowest BCUT2D eigenvalue weighted by Gasteiger charge is -2.08. The first-order chi connectivity index (χ1) is 13.6. The van der Waals surface area contributed by atoms with Crippen LogP contribution in [0.15, 0.2) is 30.3 Å². The number of nitrogens with two attached hydrogens (primary N) is 1. The average Bonchev–Trinajstić information content (AvgIpc) is 2.94. The van der Waals surface area contributed by atoms with Crippen LogP contribution in [0.3, 0.4) is 0 Å². The van der Waals surface area contributed by atoms with Crippen LogP contribution in [0.25, 0.3) is 10.9 Å². The van der Waals surface area contributed by atoms with E-state index in [2.05, 4.69) is 5.73 Å². The van der Waals surface area contributed by atoms with Gasteiger partial charge < -0.3 is 29.1 Å². The van der Waals surface area contributed by atoms with Crippen molar-refractivity contribution in [2.75, 3.05) is 12.3 Å². The fraction of sp³-hybridized carbons (Fsp3) is 0.222. The van der Waals surface area contributed by atoms with E-state index >= 15 is 0 Å². The third kappa shape index (κ3) is 4.29. The first-order valence-corrected chi connectivity index (χ1v) is 9.23. The van der Waals surface area contributed by atoms with Gasteiger partial charge in [0.25, 0.3) is 5.52 Å². The number of rotatable bonds is 5. The Balaban J connectivity index is 0.00000320. The number of aromatic nitrogens is 2. The van der Waals surface area contributed by atoms with Crippen LogP contribution >= 0.6 is 23.2 Å². The second-order valence-electron chi connectivity index (χ2n) is 6.36. The summed E-state index contributed by atoms with van der Waals surface area (Å²) in [6.45, 7) is 0.566. The van der Waals surface area contributed by atoms with Crippen LogP contribution in [0, 0.1) is 5.21 Å². The molecule has 0 atom stereocenters. The van der Waals surface area contributed by atoms with Crippen molar-refractivity contribution in [2.24, 2.45) is 0 Å². The van der Waals surface area contributed by atoms with E-state index in [4.69, 9.17) is 28.9 Å². The highest BCUT2D eigenvalue weighted by Gasteiger charge is 2.34.